The molecule has 0 aliphatic rings. The summed E-state index contributed by atoms with van der Waals surface area (Å²) in [6.45, 7) is 2.10. The highest BCUT2D eigenvalue weighted by Crippen LogP contribution is 2.36. The van der Waals surface area contributed by atoms with E-state index in [0.717, 1.165) is 16.6 Å². The SMILES string of the molecule is CCc1cc2c(Oc3ccccc3OC)nc(Cl)nc2s1. The van der Waals surface area contributed by atoms with Crippen molar-refractivity contribution >= 4 is 33.2 Å². The van der Waals surface area contributed by atoms with E-state index in [-0.39, 0.29) is 5.28 Å². The highest BCUT2D eigenvalue weighted by atomic mass is 35.5. The van der Waals surface area contributed by atoms with Crippen LogP contribution in [-0.4, -0.2) is 17.1 Å². The number of ether oxygens (including phenoxy) is 2. The summed E-state index contributed by atoms with van der Waals surface area (Å²) in [4.78, 5) is 10.5. The van der Waals surface area contributed by atoms with Crippen LogP contribution in [0.1, 0.15) is 11.8 Å². The number of aromatic nitrogens is 2. The minimum absolute atomic E-state index is 0.178. The number of nitrogens with zero attached hydrogens (tertiary/aromatic N) is 2. The number of halogens is 1. The molecule has 6 heteroatoms. The average molecular weight is 321 g/mol. The largest absolute Gasteiger partial charge is 0.493 e. The summed E-state index contributed by atoms with van der Waals surface area (Å²) < 4.78 is 11.2. The van der Waals surface area contributed by atoms with E-state index in [4.69, 9.17) is 21.1 Å². The zero-order valence-corrected chi connectivity index (χ0v) is 13.2. The lowest BCUT2D eigenvalue weighted by Crippen LogP contribution is -1.93. The number of hydrogen-bond donors (Lipinski definition) is 0. The molecule has 3 aromatic rings. The van der Waals surface area contributed by atoms with Gasteiger partial charge in [-0.2, -0.15) is 4.98 Å². The second kappa shape index (κ2) is 5.87. The highest BCUT2D eigenvalue weighted by Gasteiger charge is 2.14. The van der Waals surface area contributed by atoms with Gasteiger partial charge in [0.2, 0.25) is 11.2 Å². The van der Waals surface area contributed by atoms with Gasteiger partial charge in [-0.25, -0.2) is 4.98 Å². The van der Waals surface area contributed by atoms with Gasteiger partial charge in [-0.1, -0.05) is 19.1 Å². The number of aryl methyl sites for hydroxylation is 1. The molecular formula is C15H13ClN2O2S. The number of benzene rings is 1. The zero-order valence-electron chi connectivity index (χ0n) is 11.6. The molecule has 0 fully saturated rings. The Morgan fingerprint density at radius 3 is 2.67 bits per heavy atom. The van der Waals surface area contributed by atoms with Crippen molar-refractivity contribution in [1.29, 1.82) is 0 Å². The van der Waals surface area contributed by atoms with Gasteiger partial charge in [0.15, 0.2) is 11.5 Å². The molecule has 0 radical (unpaired) electrons. The Morgan fingerprint density at radius 1 is 1.19 bits per heavy atom. The summed E-state index contributed by atoms with van der Waals surface area (Å²) in [7, 11) is 1.60. The summed E-state index contributed by atoms with van der Waals surface area (Å²) in [6.07, 6.45) is 0.937. The highest BCUT2D eigenvalue weighted by molar-refractivity contribution is 7.18. The average Bonchev–Trinajstić information content (AvgIpc) is 2.91. The van der Waals surface area contributed by atoms with Crippen LogP contribution < -0.4 is 9.47 Å². The Labute approximate surface area is 131 Å². The van der Waals surface area contributed by atoms with Crippen molar-refractivity contribution in [2.75, 3.05) is 7.11 Å². The third-order valence-electron chi connectivity index (χ3n) is 3.01. The lowest BCUT2D eigenvalue weighted by molar-refractivity contribution is 0.375. The minimum atomic E-state index is 0.178. The molecule has 2 heterocycles. The molecule has 0 aliphatic heterocycles. The molecular weight excluding hydrogens is 308 g/mol. The van der Waals surface area contributed by atoms with Gasteiger partial charge in [-0.05, 0) is 36.2 Å². The topological polar surface area (TPSA) is 44.2 Å². The number of thiophene rings is 1. The molecule has 0 bridgehead atoms. The van der Waals surface area contributed by atoms with Crippen molar-refractivity contribution in [3.8, 4) is 17.4 Å². The van der Waals surface area contributed by atoms with Crippen LogP contribution >= 0.6 is 22.9 Å². The first-order valence-electron chi connectivity index (χ1n) is 6.48. The summed E-state index contributed by atoms with van der Waals surface area (Å²) in [5.74, 6) is 1.69. The van der Waals surface area contributed by atoms with Crippen LogP contribution in [0.4, 0.5) is 0 Å². The first kappa shape index (κ1) is 14.1. The first-order chi connectivity index (χ1) is 10.2. The minimum Gasteiger partial charge on any atom is -0.493 e. The molecule has 0 amide bonds. The van der Waals surface area contributed by atoms with E-state index in [0.29, 0.717) is 17.4 Å². The van der Waals surface area contributed by atoms with E-state index in [1.807, 2.05) is 30.3 Å². The summed E-state index contributed by atoms with van der Waals surface area (Å²) >= 11 is 7.59. The van der Waals surface area contributed by atoms with Crippen molar-refractivity contribution in [2.24, 2.45) is 0 Å². The third-order valence-corrected chi connectivity index (χ3v) is 4.35. The maximum atomic E-state index is 5.99. The molecule has 0 saturated carbocycles. The molecule has 2 aromatic heterocycles. The molecule has 0 unspecified atom stereocenters. The normalized spacial score (nSPS) is 10.8. The van der Waals surface area contributed by atoms with E-state index >= 15 is 0 Å². The second-order valence-corrected chi connectivity index (χ2v) is 5.79. The van der Waals surface area contributed by atoms with Crippen LogP contribution in [0.5, 0.6) is 17.4 Å². The summed E-state index contributed by atoms with van der Waals surface area (Å²) in [6, 6.07) is 9.46. The van der Waals surface area contributed by atoms with E-state index in [1.54, 1.807) is 18.4 Å². The predicted octanol–water partition coefficient (Wildman–Crippen LogP) is 4.71. The standard InChI is InChI=1S/C15H13ClN2O2S/c1-3-9-8-10-13(17-15(16)18-14(10)21-9)20-12-7-5-4-6-11(12)19-2/h4-8H,3H2,1-2H3. The van der Waals surface area contributed by atoms with Crippen molar-refractivity contribution in [1.82, 2.24) is 9.97 Å². The van der Waals surface area contributed by atoms with Gasteiger partial charge >= 0.3 is 0 Å². The second-order valence-electron chi connectivity index (χ2n) is 4.34. The van der Waals surface area contributed by atoms with E-state index in [9.17, 15) is 0 Å². The monoisotopic (exact) mass is 320 g/mol. The number of para-hydroxylation sites is 2. The Kier molecular flexibility index (Phi) is 3.94. The van der Waals surface area contributed by atoms with Crippen LogP contribution in [0.3, 0.4) is 0 Å². The molecule has 21 heavy (non-hydrogen) atoms. The Balaban J connectivity index is 2.09. The lowest BCUT2D eigenvalue weighted by atomic mass is 10.3. The molecule has 0 N–H and O–H groups in total. The molecule has 0 aliphatic carbocycles. The van der Waals surface area contributed by atoms with Crippen molar-refractivity contribution in [2.45, 2.75) is 13.3 Å². The molecule has 108 valence electrons. The van der Waals surface area contributed by atoms with Gasteiger partial charge in [0.1, 0.15) is 4.83 Å². The lowest BCUT2D eigenvalue weighted by Gasteiger charge is -2.09. The van der Waals surface area contributed by atoms with Crippen LogP contribution in [0.2, 0.25) is 5.28 Å². The molecule has 3 rings (SSSR count). The molecule has 0 saturated heterocycles. The Bertz CT molecular complexity index is 788. The van der Waals surface area contributed by atoms with Gasteiger partial charge in [0.05, 0.1) is 12.5 Å². The van der Waals surface area contributed by atoms with Crippen LogP contribution in [0.25, 0.3) is 10.2 Å². The van der Waals surface area contributed by atoms with Crippen molar-refractivity contribution in [3.63, 3.8) is 0 Å². The fourth-order valence-corrected chi connectivity index (χ4v) is 3.15. The Morgan fingerprint density at radius 2 is 1.95 bits per heavy atom. The number of rotatable bonds is 4. The number of hydrogen-bond acceptors (Lipinski definition) is 5. The van der Waals surface area contributed by atoms with Gasteiger partial charge in [-0.15, -0.1) is 11.3 Å². The molecule has 1 aromatic carbocycles. The maximum Gasteiger partial charge on any atom is 0.232 e. The Hall–Kier alpha value is -1.85. The quantitative estimate of drug-likeness (QED) is 0.653. The summed E-state index contributed by atoms with van der Waals surface area (Å²) in [5.41, 5.74) is 0. The fourth-order valence-electron chi connectivity index (χ4n) is 1.98. The smallest absolute Gasteiger partial charge is 0.232 e. The molecule has 4 nitrogen and oxygen atoms in total. The summed E-state index contributed by atoms with van der Waals surface area (Å²) in [5, 5.41) is 1.05. The van der Waals surface area contributed by atoms with Gasteiger partial charge in [-0.3, -0.25) is 0 Å². The number of methoxy groups -OCH3 is 1. The predicted molar refractivity (Wildman–Crippen MR) is 84.9 cm³/mol. The third kappa shape index (κ3) is 2.80. The van der Waals surface area contributed by atoms with E-state index in [1.165, 1.54) is 4.88 Å². The first-order valence-corrected chi connectivity index (χ1v) is 7.67. The number of fused-ring (bicyclic) bond motifs is 1. The van der Waals surface area contributed by atoms with Gasteiger partial charge < -0.3 is 9.47 Å². The van der Waals surface area contributed by atoms with Crippen molar-refractivity contribution in [3.05, 3.63) is 40.5 Å². The van der Waals surface area contributed by atoms with Crippen LogP contribution in [0, 0.1) is 0 Å². The van der Waals surface area contributed by atoms with E-state index in [2.05, 4.69) is 16.9 Å². The van der Waals surface area contributed by atoms with Crippen LogP contribution in [-0.2, 0) is 6.42 Å². The molecule has 0 spiro atoms. The maximum absolute atomic E-state index is 5.99. The van der Waals surface area contributed by atoms with Crippen molar-refractivity contribution < 1.29 is 9.47 Å². The van der Waals surface area contributed by atoms with Crippen LogP contribution in [0.15, 0.2) is 30.3 Å². The fraction of sp³-hybridized carbons (Fsp3) is 0.200. The molecule has 0 atom stereocenters. The van der Waals surface area contributed by atoms with Gasteiger partial charge in [0.25, 0.3) is 0 Å². The zero-order chi connectivity index (χ0) is 14.8. The van der Waals surface area contributed by atoms with Gasteiger partial charge in [0, 0.05) is 4.88 Å². The van der Waals surface area contributed by atoms with E-state index < -0.39 is 0 Å².